The van der Waals surface area contributed by atoms with Crippen molar-refractivity contribution in [3.63, 3.8) is 0 Å². The third-order valence-electron chi connectivity index (χ3n) is 12.1. The topological polar surface area (TPSA) is 154 Å². The molecule has 252 valence electrons. The maximum atomic E-state index is 13.1. The summed E-state index contributed by atoms with van der Waals surface area (Å²) in [5, 5.41) is 50.6. The molecule has 5 N–H and O–H groups in total. The fourth-order valence-electron chi connectivity index (χ4n) is 10.2. The van der Waals surface area contributed by atoms with Crippen LogP contribution in [0.25, 0.3) is 12.2 Å². The third kappa shape index (κ3) is 6.22. The summed E-state index contributed by atoms with van der Waals surface area (Å²) in [5.41, 5.74) is -0.285. The van der Waals surface area contributed by atoms with Crippen LogP contribution in [0.2, 0.25) is 0 Å². The van der Waals surface area contributed by atoms with Gasteiger partial charge in [-0.15, -0.1) is 0 Å². The first-order valence-corrected chi connectivity index (χ1v) is 16.7. The molecule has 2 bridgehead atoms. The molecule has 0 amide bonds. The number of phenolic OH excluding ortho intramolecular Hbond substituents is 4. The van der Waals surface area contributed by atoms with E-state index in [1.54, 1.807) is 18.2 Å². The zero-order valence-electron chi connectivity index (χ0n) is 27.2. The van der Waals surface area contributed by atoms with Gasteiger partial charge in [-0.25, -0.2) is 9.59 Å². The molecule has 4 saturated carbocycles. The van der Waals surface area contributed by atoms with Crippen molar-refractivity contribution in [2.45, 2.75) is 77.2 Å². The second-order valence-corrected chi connectivity index (χ2v) is 15.2. The van der Waals surface area contributed by atoms with Crippen LogP contribution in [0.3, 0.4) is 0 Å². The molecule has 1 spiro atoms. The molecule has 0 aromatic heterocycles. The van der Waals surface area contributed by atoms with Gasteiger partial charge in [0, 0.05) is 17.6 Å². The van der Waals surface area contributed by atoms with E-state index in [2.05, 4.69) is 13.8 Å². The second-order valence-electron chi connectivity index (χ2n) is 15.2. The lowest BCUT2D eigenvalue weighted by Crippen LogP contribution is -2.59. The number of ether oxygens (including phenoxy) is 2. The molecule has 4 fully saturated rings. The van der Waals surface area contributed by atoms with Crippen LogP contribution in [-0.4, -0.2) is 56.3 Å². The van der Waals surface area contributed by atoms with Crippen molar-refractivity contribution in [2.75, 3.05) is 13.2 Å². The number of carbonyl (C=O) groups excluding carboxylic acids is 2. The molecular formula is C38H46O9. The summed E-state index contributed by atoms with van der Waals surface area (Å²) in [6, 6.07) is 8.62. The number of aliphatic hydroxyl groups is 1. The van der Waals surface area contributed by atoms with Gasteiger partial charge < -0.3 is 35.0 Å². The van der Waals surface area contributed by atoms with E-state index < -0.39 is 17.5 Å². The summed E-state index contributed by atoms with van der Waals surface area (Å²) in [7, 11) is 0. The number of aromatic hydroxyl groups is 4. The lowest BCUT2D eigenvalue weighted by atomic mass is 9.41. The van der Waals surface area contributed by atoms with Gasteiger partial charge in [-0.1, -0.05) is 32.4 Å². The van der Waals surface area contributed by atoms with Gasteiger partial charge in [0.15, 0.2) is 23.0 Å². The van der Waals surface area contributed by atoms with Crippen LogP contribution in [0, 0.1) is 34.0 Å². The molecule has 47 heavy (non-hydrogen) atoms. The summed E-state index contributed by atoms with van der Waals surface area (Å²) in [6.07, 6.45) is 14.0. The van der Waals surface area contributed by atoms with E-state index >= 15 is 0 Å². The van der Waals surface area contributed by atoms with Crippen molar-refractivity contribution in [3.8, 4) is 23.0 Å². The van der Waals surface area contributed by atoms with Crippen LogP contribution in [0.4, 0.5) is 0 Å². The highest BCUT2D eigenvalue weighted by Gasteiger charge is 2.68. The Balaban J connectivity index is 1.17. The standard InChI is InChI=1S/C38H46O9/c1-35(2)15-3-16-37(22-46-33(43)12-6-24-4-9-27(39)29(41)18-24)31(35)14-17-36-20-26(8-11-32(36)37)38(45,21-36)23-47-34(44)13-7-25-5-10-28(40)30(42)19-25/h4-7,9-10,12-13,18-19,26,31-32,39-42,45H,3,8,11,14-17,20-23H2,1-2H3/b12-6+,13-7+/t26?,31-,32-,36+,37+,38+/m1/s1. The average Bonchev–Trinajstić information content (AvgIpc) is 3.23. The molecule has 0 heterocycles. The maximum Gasteiger partial charge on any atom is 0.330 e. The highest BCUT2D eigenvalue weighted by molar-refractivity contribution is 5.87. The van der Waals surface area contributed by atoms with Crippen LogP contribution in [0.5, 0.6) is 23.0 Å². The van der Waals surface area contributed by atoms with Crippen LogP contribution in [-0.2, 0) is 19.1 Å². The molecule has 0 saturated heterocycles. The minimum atomic E-state index is -1.14. The SMILES string of the molecule is CC1(C)CCC[C@]2(COC(=O)/C=C/c3ccc(O)c(O)c3)[C@@H]1CC[C@@]13CC(CC[C@H]12)[C@@](O)(COC(=O)/C=C/c1ccc(O)c(O)c1)C3. The van der Waals surface area contributed by atoms with Crippen LogP contribution < -0.4 is 0 Å². The Morgan fingerprint density at radius 1 is 0.766 bits per heavy atom. The summed E-state index contributed by atoms with van der Waals surface area (Å²) < 4.78 is 11.7. The first-order valence-electron chi connectivity index (χ1n) is 16.7. The largest absolute Gasteiger partial charge is 0.504 e. The van der Waals surface area contributed by atoms with Crippen molar-refractivity contribution in [1.82, 2.24) is 0 Å². The highest BCUT2D eigenvalue weighted by atomic mass is 16.5. The number of rotatable bonds is 8. The van der Waals surface area contributed by atoms with Gasteiger partial charge in [0.25, 0.3) is 0 Å². The Morgan fingerprint density at radius 2 is 1.36 bits per heavy atom. The van der Waals surface area contributed by atoms with Gasteiger partial charge in [-0.3, -0.25) is 0 Å². The molecule has 2 aromatic rings. The lowest BCUT2D eigenvalue weighted by Gasteiger charge is -2.64. The Bertz CT molecular complexity index is 1590. The Morgan fingerprint density at radius 3 is 1.96 bits per heavy atom. The number of phenols is 4. The van der Waals surface area contributed by atoms with Crippen molar-refractivity contribution >= 4 is 24.1 Å². The lowest BCUT2D eigenvalue weighted by molar-refractivity contribution is -0.187. The molecule has 6 atom stereocenters. The van der Waals surface area contributed by atoms with Crippen molar-refractivity contribution in [2.24, 2.45) is 34.0 Å². The highest BCUT2D eigenvalue weighted by Crippen LogP contribution is 2.73. The molecule has 9 heteroatoms. The van der Waals surface area contributed by atoms with Crippen LogP contribution >= 0.6 is 0 Å². The van der Waals surface area contributed by atoms with E-state index in [0.29, 0.717) is 30.1 Å². The third-order valence-corrected chi connectivity index (χ3v) is 12.1. The predicted octanol–water partition coefficient (Wildman–Crippen LogP) is 6.47. The molecule has 2 aromatic carbocycles. The molecular weight excluding hydrogens is 600 g/mol. The molecule has 4 aliphatic carbocycles. The number of esters is 2. The number of hydrogen-bond acceptors (Lipinski definition) is 9. The average molecular weight is 647 g/mol. The molecule has 6 rings (SSSR count). The van der Waals surface area contributed by atoms with Gasteiger partial charge in [-0.05, 0) is 127 Å². The van der Waals surface area contributed by atoms with E-state index in [1.807, 2.05) is 0 Å². The molecule has 0 aliphatic heterocycles. The maximum absolute atomic E-state index is 13.1. The van der Waals surface area contributed by atoms with E-state index in [9.17, 15) is 35.1 Å². The van der Waals surface area contributed by atoms with Crippen molar-refractivity contribution in [1.29, 1.82) is 0 Å². The molecule has 0 radical (unpaired) electrons. The molecule has 1 unspecified atom stereocenters. The number of fused-ring (bicyclic) bond motifs is 3. The quantitative estimate of drug-likeness (QED) is 0.123. The number of hydrogen-bond donors (Lipinski definition) is 5. The van der Waals surface area contributed by atoms with E-state index in [-0.39, 0.29) is 57.7 Å². The van der Waals surface area contributed by atoms with Gasteiger partial charge >= 0.3 is 11.9 Å². The number of benzene rings is 2. The Hall–Kier alpha value is -3.98. The molecule has 4 aliphatic rings. The monoisotopic (exact) mass is 646 g/mol. The van der Waals surface area contributed by atoms with E-state index in [4.69, 9.17) is 9.47 Å². The molecule has 9 nitrogen and oxygen atoms in total. The van der Waals surface area contributed by atoms with Gasteiger partial charge in [0.1, 0.15) is 12.2 Å². The first kappa shape index (κ1) is 32.9. The second kappa shape index (κ2) is 12.2. The summed E-state index contributed by atoms with van der Waals surface area (Å²) in [4.78, 5) is 25.7. The predicted molar refractivity (Wildman–Crippen MR) is 175 cm³/mol. The smallest absolute Gasteiger partial charge is 0.330 e. The van der Waals surface area contributed by atoms with E-state index in [0.717, 1.165) is 51.4 Å². The summed E-state index contributed by atoms with van der Waals surface area (Å²) in [5.74, 6) is -1.39. The minimum Gasteiger partial charge on any atom is -0.504 e. The fourth-order valence-corrected chi connectivity index (χ4v) is 10.2. The Kier molecular flexibility index (Phi) is 8.57. The minimum absolute atomic E-state index is 0.0157. The number of carbonyl (C=O) groups is 2. The fraction of sp³-hybridized carbons (Fsp3) is 0.526. The van der Waals surface area contributed by atoms with Crippen molar-refractivity contribution in [3.05, 3.63) is 59.7 Å². The van der Waals surface area contributed by atoms with Gasteiger partial charge in [-0.2, -0.15) is 0 Å². The van der Waals surface area contributed by atoms with Crippen molar-refractivity contribution < 1.29 is 44.6 Å². The van der Waals surface area contributed by atoms with Gasteiger partial charge in [0.2, 0.25) is 0 Å². The zero-order valence-corrected chi connectivity index (χ0v) is 27.2. The zero-order chi connectivity index (χ0) is 33.6. The first-order chi connectivity index (χ1) is 22.3. The summed E-state index contributed by atoms with van der Waals surface area (Å²) in [6.45, 7) is 4.90. The van der Waals surface area contributed by atoms with Crippen LogP contribution in [0.1, 0.15) is 82.8 Å². The van der Waals surface area contributed by atoms with E-state index in [1.165, 1.54) is 42.5 Å². The Labute approximate surface area is 275 Å². The summed E-state index contributed by atoms with van der Waals surface area (Å²) >= 11 is 0. The normalized spacial score (nSPS) is 32.5. The van der Waals surface area contributed by atoms with Crippen LogP contribution in [0.15, 0.2) is 48.6 Å². The van der Waals surface area contributed by atoms with Gasteiger partial charge in [0.05, 0.1) is 6.61 Å².